The van der Waals surface area contributed by atoms with Crippen LogP contribution in [0.1, 0.15) is 0 Å². The Morgan fingerprint density at radius 3 is 2.17 bits per heavy atom. The summed E-state index contributed by atoms with van der Waals surface area (Å²) in [5.41, 5.74) is 5.33. The van der Waals surface area contributed by atoms with Crippen LogP contribution in [-0.2, 0) is 0 Å². The van der Waals surface area contributed by atoms with Gasteiger partial charge in [-0.25, -0.2) is 0 Å². The maximum absolute atomic E-state index is 4.54. The molecule has 0 saturated heterocycles. The van der Waals surface area contributed by atoms with E-state index < -0.39 is 8.07 Å². The van der Waals surface area contributed by atoms with E-state index in [1.54, 1.807) is 10.4 Å². The van der Waals surface area contributed by atoms with E-state index in [-0.39, 0.29) is 0 Å². The fourth-order valence-corrected chi connectivity index (χ4v) is 10.1. The molecule has 0 atom stereocenters. The van der Waals surface area contributed by atoms with Crippen molar-refractivity contribution >= 4 is 51.8 Å². The van der Waals surface area contributed by atoms with E-state index in [4.69, 9.17) is 0 Å². The summed E-state index contributed by atoms with van der Waals surface area (Å²) < 4.78 is 0. The van der Waals surface area contributed by atoms with Gasteiger partial charge in [0.25, 0.3) is 0 Å². The third kappa shape index (κ3) is 3.20. The number of rotatable bonds is 3. The summed E-state index contributed by atoms with van der Waals surface area (Å²) in [4.78, 5) is 7.12. The minimum absolute atomic E-state index is 1.20. The van der Waals surface area contributed by atoms with Crippen LogP contribution in [0.2, 0.25) is 13.1 Å². The number of nitrogens with zero attached hydrogens (tertiary/aromatic N) is 1. The van der Waals surface area contributed by atoms with E-state index in [2.05, 4.69) is 121 Å². The summed E-state index contributed by atoms with van der Waals surface area (Å²) in [7, 11) is -1.65. The van der Waals surface area contributed by atoms with Gasteiger partial charge in [0.2, 0.25) is 0 Å². The Bertz CT molecular complexity index is 1730. The zero-order valence-electron chi connectivity index (χ0n) is 20.3. The van der Waals surface area contributed by atoms with Gasteiger partial charge in [-0.1, -0.05) is 110 Å². The van der Waals surface area contributed by atoms with Crippen LogP contribution in [0.5, 0.6) is 0 Å². The van der Waals surface area contributed by atoms with Crippen molar-refractivity contribution in [2.45, 2.75) is 22.9 Å². The van der Waals surface area contributed by atoms with Gasteiger partial charge in [-0.15, -0.1) is 0 Å². The van der Waals surface area contributed by atoms with Crippen molar-refractivity contribution in [2.75, 3.05) is 0 Å². The fourth-order valence-electron chi connectivity index (χ4n) is 5.89. The van der Waals surface area contributed by atoms with Gasteiger partial charge < -0.3 is 0 Å². The Morgan fingerprint density at radius 2 is 1.31 bits per heavy atom. The van der Waals surface area contributed by atoms with Crippen LogP contribution < -0.4 is 10.4 Å². The van der Waals surface area contributed by atoms with Crippen molar-refractivity contribution in [3.63, 3.8) is 0 Å². The van der Waals surface area contributed by atoms with Crippen LogP contribution in [-0.4, -0.2) is 13.1 Å². The highest BCUT2D eigenvalue weighted by Crippen LogP contribution is 2.45. The van der Waals surface area contributed by atoms with Gasteiger partial charge >= 0.3 is 0 Å². The van der Waals surface area contributed by atoms with Crippen LogP contribution in [0.4, 0.5) is 0 Å². The van der Waals surface area contributed by atoms with Crippen molar-refractivity contribution in [3.05, 3.63) is 116 Å². The monoisotopic (exact) mass is 495 g/mol. The topological polar surface area (TPSA) is 12.9 Å². The average molecular weight is 496 g/mol. The zero-order chi connectivity index (χ0) is 24.3. The molecule has 36 heavy (non-hydrogen) atoms. The van der Waals surface area contributed by atoms with E-state index in [1.165, 1.54) is 53.6 Å². The molecule has 0 N–H and O–H groups in total. The Labute approximate surface area is 216 Å². The van der Waals surface area contributed by atoms with Crippen LogP contribution in [0.25, 0.3) is 43.8 Å². The first-order valence-corrected chi connectivity index (χ1v) is 16.2. The number of hydrogen-bond donors (Lipinski definition) is 0. The lowest BCUT2D eigenvalue weighted by Crippen LogP contribution is -2.49. The molecule has 172 valence electrons. The molecule has 3 heteroatoms. The smallest absolute Gasteiger partial charge is 0.113 e. The third-order valence-corrected chi connectivity index (χ3v) is 12.3. The lowest BCUT2D eigenvalue weighted by atomic mass is 9.93. The van der Waals surface area contributed by atoms with Gasteiger partial charge in [0.15, 0.2) is 0 Å². The third-order valence-electron chi connectivity index (χ3n) is 7.61. The first-order chi connectivity index (χ1) is 17.6. The lowest BCUT2D eigenvalue weighted by molar-refractivity contribution is 1.36. The highest BCUT2D eigenvalue weighted by molar-refractivity contribution is 7.99. The van der Waals surface area contributed by atoms with E-state index in [9.17, 15) is 0 Å². The van der Waals surface area contributed by atoms with Crippen LogP contribution in [0.3, 0.4) is 0 Å². The molecule has 1 aromatic heterocycles. The quantitative estimate of drug-likeness (QED) is 0.182. The Hall–Kier alpha value is -3.66. The lowest BCUT2D eigenvalue weighted by Gasteiger charge is -2.19. The minimum Gasteiger partial charge on any atom is -0.264 e. The minimum atomic E-state index is -1.65. The van der Waals surface area contributed by atoms with E-state index in [0.29, 0.717) is 0 Å². The van der Waals surface area contributed by atoms with Crippen molar-refractivity contribution in [1.29, 1.82) is 0 Å². The van der Waals surface area contributed by atoms with Gasteiger partial charge in [-0.3, -0.25) is 4.98 Å². The Morgan fingerprint density at radius 1 is 0.611 bits per heavy atom. The molecule has 0 bridgehead atoms. The predicted octanol–water partition coefficient (Wildman–Crippen LogP) is 8.01. The van der Waals surface area contributed by atoms with Crippen LogP contribution >= 0.6 is 11.8 Å². The number of pyridine rings is 1. The maximum Gasteiger partial charge on any atom is 0.113 e. The van der Waals surface area contributed by atoms with Gasteiger partial charge in [0.1, 0.15) is 8.07 Å². The molecule has 0 spiro atoms. The molecule has 1 aliphatic rings. The van der Waals surface area contributed by atoms with Gasteiger partial charge in [-0.2, -0.15) is 0 Å². The van der Waals surface area contributed by atoms with Crippen LogP contribution in [0.15, 0.2) is 125 Å². The molecule has 5 aromatic carbocycles. The standard InChI is InChI=1S/C33H25NSSi/c1-36(2)30-15-9-8-12-24(30)28-20-23(16-17-31(28)36)35-33-26-14-7-6-13-25(26)32(22-10-4-3-5-11-22)29-21-34-19-18-27(29)33/h3-21H,1-2H3. The van der Waals surface area contributed by atoms with E-state index >= 15 is 0 Å². The maximum atomic E-state index is 4.54. The molecule has 6 aromatic rings. The number of aromatic nitrogens is 1. The highest BCUT2D eigenvalue weighted by atomic mass is 32.2. The molecule has 0 aliphatic carbocycles. The molecule has 0 radical (unpaired) electrons. The van der Waals surface area contributed by atoms with Crippen LogP contribution in [0, 0.1) is 0 Å². The predicted molar refractivity (Wildman–Crippen MR) is 157 cm³/mol. The van der Waals surface area contributed by atoms with Crippen molar-refractivity contribution in [3.8, 4) is 22.3 Å². The number of hydrogen-bond acceptors (Lipinski definition) is 2. The largest absolute Gasteiger partial charge is 0.264 e. The highest BCUT2D eigenvalue weighted by Gasteiger charge is 2.37. The molecule has 0 saturated carbocycles. The van der Waals surface area contributed by atoms with Gasteiger partial charge in [0, 0.05) is 27.6 Å². The zero-order valence-corrected chi connectivity index (χ0v) is 22.1. The molecule has 2 heterocycles. The van der Waals surface area contributed by atoms with Gasteiger partial charge in [-0.05, 0) is 67.0 Å². The first-order valence-electron chi connectivity index (χ1n) is 12.4. The number of benzene rings is 5. The SMILES string of the molecule is C[Si]1(C)c2ccccc2-c2cc(Sc3c4ccccc4c(-c4ccccc4)c4cnccc34)ccc21. The van der Waals surface area contributed by atoms with Crippen molar-refractivity contribution < 1.29 is 0 Å². The normalized spacial score (nSPS) is 13.6. The molecular formula is C33H25NSSi. The summed E-state index contributed by atoms with van der Waals surface area (Å²) in [6.45, 7) is 4.95. The summed E-state index contributed by atoms with van der Waals surface area (Å²) in [5.74, 6) is 0. The second kappa shape index (κ2) is 8.19. The second-order valence-corrected chi connectivity index (χ2v) is 15.4. The molecule has 0 unspecified atom stereocenters. The second-order valence-electron chi connectivity index (χ2n) is 10.0. The molecule has 1 aliphatic heterocycles. The van der Waals surface area contributed by atoms with E-state index in [0.717, 1.165) is 0 Å². The molecule has 0 amide bonds. The molecule has 0 fully saturated rings. The summed E-state index contributed by atoms with van der Waals surface area (Å²) in [5, 5.41) is 8.11. The van der Waals surface area contributed by atoms with Crippen molar-refractivity contribution in [2.24, 2.45) is 0 Å². The number of fused-ring (bicyclic) bond motifs is 5. The summed E-state index contributed by atoms with van der Waals surface area (Å²) >= 11 is 1.88. The summed E-state index contributed by atoms with van der Waals surface area (Å²) in [6, 6.07) is 37.8. The molecule has 7 rings (SSSR count). The van der Waals surface area contributed by atoms with Crippen molar-refractivity contribution in [1.82, 2.24) is 4.98 Å². The Balaban J connectivity index is 1.45. The molecular weight excluding hydrogens is 471 g/mol. The Kier molecular flexibility index (Phi) is 4.92. The van der Waals surface area contributed by atoms with E-state index in [1.807, 2.05) is 24.2 Å². The average Bonchev–Trinajstić information content (AvgIpc) is 3.15. The van der Waals surface area contributed by atoms with Gasteiger partial charge in [0.05, 0.1) is 0 Å². The first kappa shape index (κ1) is 21.6. The molecule has 1 nitrogen and oxygen atoms in total. The fraction of sp³-hybridized carbons (Fsp3) is 0.0606. The summed E-state index contributed by atoms with van der Waals surface area (Å²) in [6.07, 6.45) is 3.95.